The Bertz CT molecular complexity index is 1100. The molecule has 198 valence electrons. The molecule has 0 aliphatic carbocycles. The number of halogens is 6. The molecule has 9 nitrogen and oxygen atoms in total. The number of pyridine rings is 1. The summed E-state index contributed by atoms with van der Waals surface area (Å²) in [6, 6.07) is 1.25. The highest BCUT2D eigenvalue weighted by Gasteiger charge is 2.37. The van der Waals surface area contributed by atoms with Gasteiger partial charge in [0.15, 0.2) is 0 Å². The van der Waals surface area contributed by atoms with Gasteiger partial charge in [-0.05, 0) is 19.1 Å². The van der Waals surface area contributed by atoms with Crippen molar-refractivity contribution >= 4 is 17.4 Å². The van der Waals surface area contributed by atoms with Crippen molar-refractivity contribution in [1.82, 2.24) is 20.1 Å². The minimum absolute atomic E-state index is 0.0139. The smallest absolute Gasteiger partial charge is 0.379 e. The maximum absolute atomic E-state index is 13.1. The van der Waals surface area contributed by atoms with Crippen LogP contribution in [0.1, 0.15) is 24.5 Å². The van der Waals surface area contributed by atoms with Crippen LogP contribution in [0.15, 0.2) is 29.3 Å². The molecule has 2 aromatic rings. The molecule has 1 amide bonds. The van der Waals surface area contributed by atoms with Gasteiger partial charge in [-0.3, -0.25) is 9.59 Å². The van der Waals surface area contributed by atoms with Crippen LogP contribution in [0.2, 0.25) is 0 Å². The molecule has 1 aliphatic rings. The minimum atomic E-state index is -4.87. The summed E-state index contributed by atoms with van der Waals surface area (Å²) >= 11 is 0. The number of aromatic nitrogens is 3. The van der Waals surface area contributed by atoms with Crippen molar-refractivity contribution in [1.29, 1.82) is 0 Å². The van der Waals surface area contributed by atoms with E-state index in [-0.39, 0.29) is 31.4 Å². The van der Waals surface area contributed by atoms with Crippen molar-refractivity contribution in [2.75, 3.05) is 49.6 Å². The van der Waals surface area contributed by atoms with E-state index in [0.29, 0.717) is 26.2 Å². The number of carbonyl (C=O) groups is 1. The highest BCUT2D eigenvalue weighted by molar-refractivity contribution is 5.76. The van der Waals surface area contributed by atoms with Gasteiger partial charge in [-0.1, -0.05) is 0 Å². The van der Waals surface area contributed by atoms with Crippen LogP contribution >= 0.6 is 0 Å². The molecule has 1 aliphatic heterocycles. The molecule has 1 fully saturated rings. The first-order chi connectivity index (χ1) is 16.9. The van der Waals surface area contributed by atoms with Gasteiger partial charge < -0.3 is 19.9 Å². The van der Waals surface area contributed by atoms with E-state index >= 15 is 0 Å². The zero-order valence-corrected chi connectivity index (χ0v) is 19.1. The van der Waals surface area contributed by atoms with Crippen LogP contribution in [0.25, 0.3) is 0 Å². The van der Waals surface area contributed by atoms with Gasteiger partial charge in [0.2, 0.25) is 5.91 Å². The van der Waals surface area contributed by atoms with Crippen LogP contribution in [-0.2, 0) is 21.9 Å². The summed E-state index contributed by atoms with van der Waals surface area (Å²) in [6.07, 6.45) is -7.36. The maximum Gasteiger partial charge on any atom is 0.423 e. The van der Waals surface area contributed by atoms with Crippen LogP contribution in [0.4, 0.5) is 37.8 Å². The number of ether oxygens (including phenoxy) is 1. The van der Waals surface area contributed by atoms with E-state index in [1.807, 2.05) is 0 Å². The molecule has 3 heterocycles. The Hall–Kier alpha value is -3.36. The third-order valence-corrected chi connectivity index (χ3v) is 5.40. The van der Waals surface area contributed by atoms with Gasteiger partial charge in [0.1, 0.15) is 11.4 Å². The number of H-pyrrole nitrogens is 1. The van der Waals surface area contributed by atoms with Crippen LogP contribution in [0.3, 0.4) is 0 Å². The predicted octanol–water partition coefficient (Wildman–Crippen LogP) is 2.76. The molecule has 0 spiro atoms. The molecule has 0 radical (unpaired) electrons. The summed E-state index contributed by atoms with van der Waals surface area (Å²) in [5.74, 6) is -0.0311. The molecular formula is C21H24F6N6O3. The van der Waals surface area contributed by atoms with Crippen molar-refractivity contribution in [2.45, 2.75) is 31.7 Å². The fourth-order valence-electron chi connectivity index (χ4n) is 3.63. The summed E-state index contributed by atoms with van der Waals surface area (Å²) in [5, 5.41) is 7.66. The van der Waals surface area contributed by atoms with Gasteiger partial charge in [0, 0.05) is 38.4 Å². The third kappa shape index (κ3) is 7.08. The summed E-state index contributed by atoms with van der Waals surface area (Å²) in [4.78, 5) is 31.2. The normalized spacial score (nSPS) is 15.6. The van der Waals surface area contributed by atoms with E-state index < -0.39 is 40.8 Å². The molecule has 1 saturated heterocycles. The number of hydrogen-bond acceptors (Lipinski definition) is 7. The lowest BCUT2D eigenvalue weighted by molar-refractivity contribution is -0.138. The maximum atomic E-state index is 13.1. The zero-order valence-electron chi connectivity index (χ0n) is 19.1. The standard InChI is InChI=1S/C21H24F6N6O3/c1-13(30-15-11-29-31-19(35)18(15)21(25,26)27)12-36-9-3-17(34)33-7-5-32(6-8-33)16-10-14(2-4-28-16)20(22,23)24/h2,4,10-11,13H,3,5-9,12H2,1H3,(H2,30,31,35)/t13-/m0/s1. The van der Waals surface area contributed by atoms with Crippen molar-refractivity contribution in [3.63, 3.8) is 0 Å². The number of alkyl halides is 6. The van der Waals surface area contributed by atoms with E-state index in [2.05, 4.69) is 15.4 Å². The van der Waals surface area contributed by atoms with E-state index in [0.717, 1.165) is 24.5 Å². The number of anilines is 2. The van der Waals surface area contributed by atoms with Gasteiger partial charge in [0.05, 0.1) is 37.1 Å². The van der Waals surface area contributed by atoms with Gasteiger partial charge >= 0.3 is 12.4 Å². The largest absolute Gasteiger partial charge is 0.423 e. The number of rotatable bonds is 8. The number of nitrogens with zero attached hydrogens (tertiary/aromatic N) is 4. The molecule has 36 heavy (non-hydrogen) atoms. The van der Waals surface area contributed by atoms with Gasteiger partial charge in [0.25, 0.3) is 5.56 Å². The molecule has 2 N–H and O–H groups in total. The fraction of sp³-hybridized carbons (Fsp3) is 0.524. The molecule has 15 heteroatoms. The average Bonchev–Trinajstić information content (AvgIpc) is 2.80. The lowest BCUT2D eigenvalue weighted by Crippen LogP contribution is -2.49. The third-order valence-electron chi connectivity index (χ3n) is 5.40. The predicted molar refractivity (Wildman–Crippen MR) is 116 cm³/mol. The quantitative estimate of drug-likeness (QED) is 0.406. The van der Waals surface area contributed by atoms with Gasteiger partial charge in [-0.15, -0.1) is 0 Å². The van der Waals surface area contributed by atoms with Crippen molar-refractivity contribution in [3.05, 3.63) is 46.0 Å². The zero-order chi connectivity index (χ0) is 26.5. The van der Waals surface area contributed by atoms with Crippen LogP contribution in [-0.4, -0.2) is 71.4 Å². The Kier molecular flexibility index (Phi) is 8.43. The molecule has 0 saturated carbocycles. The summed E-state index contributed by atoms with van der Waals surface area (Å²) in [7, 11) is 0. The Morgan fingerprint density at radius 2 is 1.86 bits per heavy atom. The van der Waals surface area contributed by atoms with E-state index in [4.69, 9.17) is 4.74 Å². The lowest BCUT2D eigenvalue weighted by Gasteiger charge is -2.35. The number of aromatic amines is 1. The van der Waals surface area contributed by atoms with Crippen molar-refractivity contribution < 1.29 is 35.9 Å². The molecule has 1 atom stereocenters. The van der Waals surface area contributed by atoms with E-state index in [1.165, 1.54) is 0 Å². The lowest BCUT2D eigenvalue weighted by atomic mass is 10.2. The molecule has 0 bridgehead atoms. The molecule has 0 unspecified atom stereocenters. The second-order valence-corrected chi connectivity index (χ2v) is 8.12. The first-order valence-corrected chi connectivity index (χ1v) is 10.9. The Balaban J connectivity index is 1.42. The van der Waals surface area contributed by atoms with Crippen molar-refractivity contribution in [2.24, 2.45) is 0 Å². The highest BCUT2D eigenvalue weighted by atomic mass is 19.4. The molecular weight excluding hydrogens is 498 g/mol. The Morgan fingerprint density at radius 1 is 1.17 bits per heavy atom. The van der Waals surface area contributed by atoms with Gasteiger partial charge in [-0.25, -0.2) is 10.1 Å². The molecule has 2 aromatic heterocycles. The SMILES string of the molecule is C[C@@H](COCCC(=O)N1CCN(c2cc(C(F)(F)F)ccn2)CC1)Nc1cn[nH]c(=O)c1C(F)(F)F. The number of piperazine rings is 1. The topological polar surface area (TPSA) is 103 Å². The highest BCUT2D eigenvalue weighted by Crippen LogP contribution is 2.32. The first-order valence-electron chi connectivity index (χ1n) is 10.9. The number of amides is 1. The van der Waals surface area contributed by atoms with Crippen LogP contribution < -0.4 is 15.8 Å². The first kappa shape index (κ1) is 27.2. The Labute approximate surface area is 201 Å². The summed E-state index contributed by atoms with van der Waals surface area (Å²) < 4.78 is 83.5. The summed E-state index contributed by atoms with van der Waals surface area (Å²) in [5.41, 5.74) is -4.03. The molecule has 3 rings (SSSR count). The number of carbonyl (C=O) groups excluding carboxylic acids is 1. The van der Waals surface area contributed by atoms with Crippen LogP contribution in [0, 0.1) is 0 Å². The average molecular weight is 522 g/mol. The van der Waals surface area contributed by atoms with E-state index in [9.17, 15) is 35.9 Å². The van der Waals surface area contributed by atoms with E-state index in [1.54, 1.807) is 21.8 Å². The Morgan fingerprint density at radius 3 is 2.50 bits per heavy atom. The number of nitrogens with one attached hydrogen (secondary N) is 2. The minimum Gasteiger partial charge on any atom is -0.379 e. The molecule has 0 aromatic carbocycles. The monoisotopic (exact) mass is 522 g/mol. The second kappa shape index (κ2) is 11.1. The number of hydrogen-bond donors (Lipinski definition) is 2. The summed E-state index contributed by atoms with van der Waals surface area (Å²) in [6.45, 7) is 2.74. The second-order valence-electron chi connectivity index (χ2n) is 8.12. The van der Waals surface area contributed by atoms with Crippen LogP contribution in [0.5, 0.6) is 0 Å². The fourth-order valence-corrected chi connectivity index (χ4v) is 3.63. The van der Waals surface area contributed by atoms with Gasteiger partial charge in [-0.2, -0.15) is 31.4 Å². The van der Waals surface area contributed by atoms with Crippen molar-refractivity contribution in [3.8, 4) is 0 Å².